The summed E-state index contributed by atoms with van der Waals surface area (Å²) in [5.41, 5.74) is 4.49. The van der Waals surface area contributed by atoms with E-state index in [0.717, 1.165) is 34.1 Å². The predicted molar refractivity (Wildman–Crippen MR) is 141 cm³/mol. The minimum absolute atomic E-state index is 0.172. The van der Waals surface area contributed by atoms with Crippen molar-refractivity contribution in [1.29, 1.82) is 0 Å². The molecule has 36 heavy (non-hydrogen) atoms. The molecule has 1 aliphatic carbocycles. The molecule has 1 aliphatic rings. The number of fused-ring (bicyclic) bond motifs is 1. The van der Waals surface area contributed by atoms with E-state index in [2.05, 4.69) is 25.5 Å². The van der Waals surface area contributed by atoms with Crippen LogP contribution in [-0.4, -0.2) is 51.2 Å². The van der Waals surface area contributed by atoms with Gasteiger partial charge in [0.1, 0.15) is 11.9 Å². The van der Waals surface area contributed by atoms with Crippen LogP contribution in [0.4, 0.5) is 5.69 Å². The molecular weight excluding hydrogens is 452 g/mol. The molecule has 0 atom stereocenters. The van der Waals surface area contributed by atoms with Crippen molar-refractivity contribution in [3.05, 3.63) is 103 Å². The Hall–Kier alpha value is -4.56. The fourth-order valence-corrected chi connectivity index (χ4v) is 3.98. The number of allylic oxidation sites excluding steroid dienone is 4. The molecule has 0 saturated carbocycles. The quantitative estimate of drug-likeness (QED) is 0.398. The Morgan fingerprint density at radius 1 is 0.972 bits per heavy atom. The molecule has 1 amide bonds. The molecule has 0 fully saturated rings. The molecule has 0 spiro atoms. The van der Waals surface area contributed by atoms with Gasteiger partial charge in [-0.15, -0.1) is 0 Å². The smallest absolute Gasteiger partial charge is 0.276 e. The fourth-order valence-electron chi connectivity index (χ4n) is 3.98. The number of ether oxygens (including phenoxy) is 1. The van der Waals surface area contributed by atoms with Gasteiger partial charge in [0.2, 0.25) is 0 Å². The van der Waals surface area contributed by atoms with Crippen molar-refractivity contribution in [3.63, 3.8) is 0 Å². The Labute approximate surface area is 209 Å². The van der Waals surface area contributed by atoms with E-state index in [9.17, 15) is 4.79 Å². The number of amides is 1. The number of anilines is 1. The largest absolute Gasteiger partial charge is 0.481 e. The average Bonchev–Trinajstić information content (AvgIpc) is 3.12. The fraction of sp³-hybridized carbons (Fsp3) is 0.143. The maximum atomic E-state index is 13.1. The van der Waals surface area contributed by atoms with E-state index in [4.69, 9.17) is 4.74 Å². The number of pyridine rings is 2. The molecule has 0 saturated heterocycles. The minimum Gasteiger partial charge on any atom is -0.481 e. The SMILES string of the molecule is CN(C)Cc1cncc(NC(=O)c2n[nH]c3ccc(-c4cncc(OC5C=CC=CC=C5)c4)cc23)c1. The molecule has 0 unspecified atom stereocenters. The van der Waals surface area contributed by atoms with Crippen LogP contribution in [0.15, 0.2) is 91.6 Å². The summed E-state index contributed by atoms with van der Waals surface area (Å²) < 4.78 is 6.06. The van der Waals surface area contributed by atoms with Gasteiger partial charge in [0, 0.05) is 29.9 Å². The first-order chi connectivity index (χ1) is 17.5. The monoisotopic (exact) mass is 478 g/mol. The first-order valence-electron chi connectivity index (χ1n) is 11.6. The molecule has 5 rings (SSSR count). The lowest BCUT2D eigenvalue weighted by Crippen LogP contribution is -2.14. The second kappa shape index (κ2) is 10.4. The van der Waals surface area contributed by atoms with Crippen LogP contribution < -0.4 is 10.1 Å². The topological polar surface area (TPSA) is 96.0 Å². The molecule has 8 nitrogen and oxygen atoms in total. The summed E-state index contributed by atoms with van der Waals surface area (Å²) in [7, 11) is 3.97. The number of nitrogens with zero attached hydrogens (tertiary/aromatic N) is 4. The molecule has 1 aromatic carbocycles. The number of aromatic amines is 1. The maximum Gasteiger partial charge on any atom is 0.276 e. The van der Waals surface area contributed by atoms with Crippen LogP contribution in [-0.2, 0) is 6.54 Å². The molecule has 4 aromatic rings. The van der Waals surface area contributed by atoms with Gasteiger partial charge in [0.15, 0.2) is 5.69 Å². The van der Waals surface area contributed by atoms with Crippen LogP contribution in [0.3, 0.4) is 0 Å². The number of H-pyrrole nitrogens is 1. The van der Waals surface area contributed by atoms with Gasteiger partial charge in [-0.05, 0) is 61.6 Å². The summed E-state index contributed by atoms with van der Waals surface area (Å²) in [5, 5.41) is 10.9. The van der Waals surface area contributed by atoms with E-state index >= 15 is 0 Å². The van der Waals surface area contributed by atoms with E-state index < -0.39 is 0 Å². The Morgan fingerprint density at radius 3 is 2.58 bits per heavy atom. The van der Waals surface area contributed by atoms with Gasteiger partial charge in [-0.2, -0.15) is 5.10 Å². The summed E-state index contributed by atoms with van der Waals surface area (Å²) in [6, 6.07) is 9.66. The van der Waals surface area contributed by atoms with E-state index in [1.165, 1.54) is 0 Å². The summed E-state index contributed by atoms with van der Waals surface area (Å²) in [5.74, 6) is 0.349. The van der Waals surface area contributed by atoms with E-state index in [1.807, 2.05) is 85.8 Å². The number of rotatable bonds is 7. The van der Waals surface area contributed by atoms with Crippen LogP contribution in [0.5, 0.6) is 5.75 Å². The zero-order valence-electron chi connectivity index (χ0n) is 20.1. The number of hydrogen-bond donors (Lipinski definition) is 2. The lowest BCUT2D eigenvalue weighted by Gasteiger charge is -2.12. The van der Waals surface area contributed by atoms with Gasteiger partial charge in [0.05, 0.1) is 23.6 Å². The molecule has 0 aliphatic heterocycles. The van der Waals surface area contributed by atoms with E-state index in [1.54, 1.807) is 24.8 Å². The number of nitrogens with one attached hydrogen (secondary N) is 2. The van der Waals surface area contributed by atoms with Crippen molar-refractivity contribution in [2.75, 3.05) is 19.4 Å². The number of carbonyl (C=O) groups is 1. The van der Waals surface area contributed by atoms with E-state index in [-0.39, 0.29) is 12.0 Å². The van der Waals surface area contributed by atoms with Crippen molar-refractivity contribution in [3.8, 4) is 16.9 Å². The first-order valence-corrected chi connectivity index (χ1v) is 11.6. The molecule has 2 N–H and O–H groups in total. The third-order valence-corrected chi connectivity index (χ3v) is 5.58. The third kappa shape index (κ3) is 5.39. The van der Waals surface area contributed by atoms with Crippen molar-refractivity contribution >= 4 is 22.5 Å². The highest BCUT2D eigenvalue weighted by molar-refractivity contribution is 6.11. The lowest BCUT2D eigenvalue weighted by molar-refractivity contribution is 0.102. The Kier molecular flexibility index (Phi) is 6.68. The van der Waals surface area contributed by atoms with Gasteiger partial charge < -0.3 is 15.0 Å². The summed E-state index contributed by atoms with van der Waals surface area (Å²) in [4.78, 5) is 23.7. The third-order valence-electron chi connectivity index (χ3n) is 5.58. The van der Waals surface area contributed by atoms with E-state index in [0.29, 0.717) is 17.1 Å². The van der Waals surface area contributed by atoms with Crippen LogP contribution >= 0.6 is 0 Å². The van der Waals surface area contributed by atoms with Crippen LogP contribution in [0.2, 0.25) is 0 Å². The van der Waals surface area contributed by atoms with Gasteiger partial charge in [-0.1, -0.05) is 30.4 Å². The zero-order valence-corrected chi connectivity index (χ0v) is 20.1. The first kappa shape index (κ1) is 23.2. The molecule has 3 heterocycles. The minimum atomic E-state index is -0.307. The molecule has 180 valence electrons. The normalized spacial score (nSPS) is 13.3. The highest BCUT2D eigenvalue weighted by atomic mass is 16.5. The standard InChI is InChI=1S/C28H26N6O2/c1-34(2)18-19-11-22(16-29-14-19)31-28(35)27-25-13-20(9-10-26(25)32-33-27)21-12-24(17-30-15-21)36-23-7-5-3-4-6-8-23/h3-17,23H,18H2,1-2H3,(H,31,35)(H,32,33). The number of aromatic nitrogens is 4. The highest BCUT2D eigenvalue weighted by Crippen LogP contribution is 2.28. The number of carbonyl (C=O) groups excluding carboxylic acids is 1. The van der Waals surface area contributed by atoms with Gasteiger partial charge in [-0.25, -0.2) is 0 Å². The second-order valence-electron chi connectivity index (χ2n) is 8.75. The molecule has 8 heteroatoms. The number of hydrogen-bond acceptors (Lipinski definition) is 6. The van der Waals surface area contributed by atoms with Crippen molar-refractivity contribution in [2.45, 2.75) is 12.6 Å². The molecule has 3 aromatic heterocycles. The zero-order chi connectivity index (χ0) is 24.9. The predicted octanol–water partition coefficient (Wildman–Crippen LogP) is 4.76. The Morgan fingerprint density at radius 2 is 1.78 bits per heavy atom. The summed E-state index contributed by atoms with van der Waals surface area (Å²) in [6.45, 7) is 0.729. The van der Waals surface area contributed by atoms with Crippen molar-refractivity contribution in [2.24, 2.45) is 0 Å². The van der Waals surface area contributed by atoms with Gasteiger partial charge in [-0.3, -0.25) is 19.9 Å². The Bertz CT molecular complexity index is 1470. The van der Waals surface area contributed by atoms with Crippen LogP contribution in [0.25, 0.3) is 22.0 Å². The highest BCUT2D eigenvalue weighted by Gasteiger charge is 2.16. The van der Waals surface area contributed by atoms with Crippen molar-refractivity contribution < 1.29 is 9.53 Å². The van der Waals surface area contributed by atoms with Crippen molar-refractivity contribution in [1.82, 2.24) is 25.1 Å². The number of benzene rings is 1. The molecular formula is C28H26N6O2. The molecule has 0 radical (unpaired) electrons. The van der Waals surface area contributed by atoms with Gasteiger partial charge >= 0.3 is 0 Å². The molecule has 0 bridgehead atoms. The maximum absolute atomic E-state index is 13.1. The van der Waals surface area contributed by atoms with Crippen LogP contribution in [0, 0.1) is 0 Å². The Balaban J connectivity index is 1.38. The lowest BCUT2D eigenvalue weighted by atomic mass is 10.0. The van der Waals surface area contributed by atoms with Gasteiger partial charge in [0.25, 0.3) is 5.91 Å². The average molecular weight is 479 g/mol. The summed E-state index contributed by atoms with van der Waals surface area (Å²) in [6.07, 6.45) is 18.5. The van der Waals surface area contributed by atoms with Crippen LogP contribution in [0.1, 0.15) is 16.1 Å². The summed E-state index contributed by atoms with van der Waals surface area (Å²) >= 11 is 0. The second-order valence-corrected chi connectivity index (χ2v) is 8.75.